The maximum Gasteiger partial charge on any atom is 0.225 e. The molecule has 1 amide bonds. The summed E-state index contributed by atoms with van der Waals surface area (Å²) in [5, 5.41) is 6.18. The zero-order chi connectivity index (χ0) is 13.2. The number of carbonyl (C=O) groups is 1. The first-order valence-electron chi connectivity index (χ1n) is 6.54. The summed E-state index contributed by atoms with van der Waals surface area (Å²) in [6.45, 7) is 8.75. The minimum absolute atomic E-state index is 0.0289. The predicted octanol–water partition coefficient (Wildman–Crippen LogP) is 1.61. The van der Waals surface area contributed by atoms with E-state index in [4.69, 9.17) is 0 Å². The molecule has 3 nitrogen and oxygen atoms in total. The molecule has 3 heteroatoms. The van der Waals surface area contributed by atoms with Gasteiger partial charge in [-0.05, 0) is 12.5 Å². The van der Waals surface area contributed by atoms with E-state index in [1.165, 1.54) is 11.1 Å². The van der Waals surface area contributed by atoms with Crippen LogP contribution in [-0.2, 0) is 10.2 Å². The molecule has 1 aliphatic rings. The predicted molar refractivity (Wildman–Crippen MR) is 73.6 cm³/mol. The molecule has 1 heterocycles. The van der Waals surface area contributed by atoms with Crippen molar-refractivity contribution in [1.82, 2.24) is 10.6 Å². The molecule has 2 rings (SSSR count). The number of benzene rings is 1. The third-order valence-electron chi connectivity index (χ3n) is 3.66. The van der Waals surface area contributed by atoms with E-state index in [2.05, 4.69) is 55.7 Å². The Morgan fingerprint density at radius 1 is 1.44 bits per heavy atom. The fourth-order valence-corrected chi connectivity index (χ4v) is 2.09. The molecule has 1 aliphatic heterocycles. The van der Waals surface area contributed by atoms with Crippen molar-refractivity contribution in [3.8, 4) is 0 Å². The maximum atomic E-state index is 11.8. The fourth-order valence-electron chi connectivity index (χ4n) is 2.09. The second kappa shape index (κ2) is 5.11. The van der Waals surface area contributed by atoms with Gasteiger partial charge in [0.1, 0.15) is 0 Å². The van der Waals surface area contributed by atoms with Crippen molar-refractivity contribution in [2.45, 2.75) is 26.2 Å². The van der Waals surface area contributed by atoms with Gasteiger partial charge in [0.15, 0.2) is 0 Å². The van der Waals surface area contributed by atoms with Crippen LogP contribution >= 0.6 is 0 Å². The van der Waals surface area contributed by atoms with Crippen LogP contribution in [0.25, 0.3) is 0 Å². The number of hydrogen-bond acceptors (Lipinski definition) is 2. The van der Waals surface area contributed by atoms with Crippen molar-refractivity contribution in [2.75, 3.05) is 19.6 Å². The first-order valence-corrected chi connectivity index (χ1v) is 6.54. The number of carbonyl (C=O) groups excluding carboxylic acids is 1. The van der Waals surface area contributed by atoms with Crippen LogP contribution in [0.3, 0.4) is 0 Å². The molecule has 1 fully saturated rings. The molecule has 1 saturated heterocycles. The molecule has 2 N–H and O–H groups in total. The largest absolute Gasteiger partial charge is 0.355 e. The Morgan fingerprint density at radius 2 is 2.17 bits per heavy atom. The summed E-state index contributed by atoms with van der Waals surface area (Å²) in [5.41, 5.74) is 2.50. The molecular formula is C15H22N2O. The minimum atomic E-state index is -0.0289. The van der Waals surface area contributed by atoms with Crippen LogP contribution in [0.15, 0.2) is 24.3 Å². The van der Waals surface area contributed by atoms with E-state index in [0.717, 1.165) is 13.1 Å². The van der Waals surface area contributed by atoms with Gasteiger partial charge in [-0.2, -0.15) is 0 Å². The summed E-state index contributed by atoms with van der Waals surface area (Å²) in [6, 6.07) is 8.49. The Balaban J connectivity index is 1.96. The van der Waals surface area contributed by atoms with Crippen LogP contribution < -0.4 is 10.6 Å². The van der Waals surface area contributed by atoms with Gasteiger partial charge in [-0.25, -0.2) is 0 Å². The highest BCUT2D eigenvalue weighted by Gasteiger charge is 2.27. The van der Waals surface area contributed by atoms with Gasteiger partial charge in [0.25, 0.3) is 0 Å². The molecule has 0 aliphatic carbocycles. The average molecular weight is 246 g/mol. The summed E-state index contributed by atoms with van der Waals surface area (Å²) in [6.07, 6.45) is 0. The number of aryl methyl sites for hydroxylation is 1. The van der Waals surface area contributed by atoms with Gasteiger partial charge >= 0.3 is 0 Å². The number of hydrogen-bond donors (Lipinski definition) is 2. The molecule has 18 heavy (non-hydrogen) atoms. The van der Waals surface area contributed by atoms with Crippen molar-refractivity contribution in [2.24, 2.45) is 5.92 Å². The van der Waals surface area contributed by atoms with Gasteiger partial charge in [-0.1, -0.05) is 43.7 Å². The summed E-state index contributed by atoms with van der Waals surface area (Å²) in [7, 11) is 0. The van der Waals surface area contributed by atoms with E-state index in [1.807, 2.05) is 0 Å². The lowest BCUT2D eigenvalue weighted by molar-refractivity contribution is -0.126. The van der Waals surface area contributed by atoms with E-state index < -0.39 is 0 Å². The second-order valence-corrected chi connectivity index (χ2v) is 5.83. The Kier molecular flexibility index (Phi) is 3.71. The molecule has 0 radical (unpaired) electrons. The van der Waals surface area contributed by atoms with Gasteiger partial charge in [0.2, 0.25) is 5.91 Å². The van der Waals surface area contributed by atoms with Crippen LogP contribution in [0, 0.1) is 12.8 Å². The quantitative estimate of drug-likeness (QED) is 0.847. The lowest BCUT2D eigenvalue weighted by Crippen LogP contribution is -2.52. The van der Waals surface area contributed by atoms with Gasteiger partial charge in [0.05, 0.1) is 5.92 Å². The van der Waals surface area contributed by atoms with Crippen molar-refractivity contribution in [1.29, 1.82) is 0 Å². The maximum absolute atomic E-state index is 11.8. The topological polar surface area (TPSA) is 41.1 Å². The molecule has 0 saturated carbocycles. The highest BCUT2D eigenvalue weighted by atomic mass is 16.2. The van der Waals surface area contributed by atoms with Crippen LogP contribution in [0.2, 0.25) is 0 Å². The second-order valence-electron chi connectivity index (χ2n) is 5.83. The summed E-state index contributed by atoms with van der Waals surface area (Å²) < 4.78 is 0. The SMILES string of the molecule is Cc1cccc(C(C)(C)CNC(=O)C2CNC2)c1. The molecule has 0 unspecified atom stereocenters. The van der Waals surface area contributed by atoms with Crippen LogP contribution in [-0.4, -0.2) is 25.5 Å². The Morgan fingerprint density at radius 3 is 2.72 bits per heavy atom. The minimum Gasteiger partial charge on any atom is -0.355 e. The monoisotopic (exact) mass is 246 g/mol. The van der Waals surface area contributed by atoms with Crippen molar-refractivity contribution >= 4 is 5.91 Å². The van der Waals surface area contributed by atoms with Gasteiger partial charge in [-0.3, -0.25) is 4.79 Å². The summed E-state index contributed by atoms with van der Waals surface area (Å²) in [4.78, 5) is 11.8. The van der Waals surface area contributed by atoms with Crippen LogP contribution in [0.4, 0.5) is 0 Å². The molecule has 0 spiro atoms. The Labute approximate surface area is 109 Å². The molecule has 0 atom stereocenters. The van der Waals surface area contributed by atoms with Gasteiger partial charge < -0.3 is 10.6 Å². The smallest absolute Gasteiger partial charge is 0.225 e. The van der Waals surface area contributed by atoms with Crippen molar-refractivity contribution in [3.05, 3.63) is 35.4 Å². The highest BCUT2D eigenvalue weighted by molar-refractivity contribution is 5.80. The molecule has 1 aromatic carbocycles. The first kappa shape index (κ1) is 13.1. The van der Waals surface area contributed by atoms with E-state index in [-0.39, 0.29) is 17.2 Å². The lowest BCUT2D eigenvalue weighted by atomic mass is 9.83. The molecular weight excluding hydrogens is 224 g/mol. The number of rotatable bonds is 4. The standard InChI is InChI=1S/C15H22N2O/c1-11-5-4-6-13(7-11)15(2,3)10-17-14(18)12-8-16-9-12/h4-7,12,16H,8-10H2,1-3H3,(H,17,18). The Bertz CT molecular complexity index is 436. The third kappa shape index (κ3) is 2.91. The fraction of sp³-hybridized carbons (Fsp3) is 0.533. The normalized spacial score (nSPS) is 16.2. The average Bonchev–Trinajstić information content (AvgIpc) is 2.24. The third-order valence-corrected chi connectivity index (χ3v) is 3.66. The van der Waals surface area contributed by atoms with Gasteiger partial charge in [-0.15, -0.1) is 0 Å². The summed E-state index contributed by atoms with van der Waals surface area (Å²) in [5.74, 6) is 0.341. The zero-order valence-corrected chi connectivity index (χ0v) is 11.4. The van der Waals surface area contributed by atoms with Crippen molar-refractivity contribution < 1.29 is 4.79 Å². The van der Waals surface area contributed by atoms with Crippen molar-refractivity contribution in [3.63, 3.8) is 0 Å². The Hall–Kier alpha value is -1.35. The number of amides is 1. The van der Waals surface area contributed by atoms with Crippen LogP contribution in [0.1, 0.15) is 25.0 Å². The molecule has 1 aromatic rings. The number of nitrogens with one attached hydrogen (secondary N) is 2. The van der Waals surface area contributed by atoms with E-state index in [0.29, 0.717) is 6.54 Å². The highest BCUT2D eigenvalue weighted by Crippen LogP contribution is 2.23. The van der Waals surface area contributed by atoms with E-state index in [1.54, 1.807) is 0 Å². The van der Waals surface area contributed by atoms with E-state index in [9.17, 15) is 4.79 Å². The van der Waals surface area contributed by atoms with E-state index >= 15 is 0 Å². The molecule has 0 aromatic heterocycles. The first-order chi connectivity index (χ1) is 8.49. The summed E-state index contributed by atoms with van der Waals surface area (Å²) >= 11 is 0. The van der Waals surface area contributed by atoms with Gasteiger partial charge in [0, 0.05) is 25.0 Å². The zero-order valence-electron chi connectivity index (χ0n) is 11.4. The molecule has 0 bridgehead atoms. The van der Waals surface area contributed by atoms with Crippen LogP contribution in [0.5, 0.6) is 0 Å². The lowest BCUT2D eigenvalue weighted by Gasteiger charge is -2.30. The molecule has 98 valence electrons.